The summed E-state index contributed by atoms with van der Waals surface area (Å²) in [5, 5.41) is 3.08. The van der Waals surface area contributed by atoms with Crippen LogP contribution >= 0.6 is 0 Å². The molecule has 1 N–H and O–H groups in total. The molecular formula is C9H16N2O. The van der Waals surface area contributed by atoms with Gasteiger partial charge in [0.15, 0.2) is 0 Å². The Morgan fingerprint density at radius 1 is 1.50 bits per heavy atom. The predicted octanol–water partition coefficient (Wildman–Crippen LogP) is 0.218. The molecule has 0 aromatic carbocycles. The number of nitrogens with zero attached hydrogens (tertiary/aromatic N) is 1. The summed E-state index contributed by atoms with van der Waals surface area (Å²) < 4.78 is 0. The first-order chi connectivity index (χ1) is 5.86. The van der Waals surface area contributed by atoms with Crippen molar-refractivity contribution in [2.75, 3.05) is 26.2 Å². The van der Waals surface area contributed by atoms with Gasteiger partial charge in [-0.1, -0.05) is 6.42 Å². The molecule has 0 radical (unpaired) electrons. The molecule has 0 aromatic rings. The zero-order chi connectivity index (χ0) is 8.39. The van der Waals surface area contributed by atoms with Gasteiger partial charge in [0.25, 0.3) is 0 Å². The van der Waals surface area contributed by atoms with E-state index in [1.165, 1.54) is 19.3 Å². The predicted molar refractivity (Wildman–Crippen MR) is 46.8 cm³/mol. The van der Waals surface area contributed by atoms with Gasteiger partial charge in [0.05, 0.1) is 6.54 Å². The molecule has 2 rings (SSSR count). The normalized spacial score (nSPS) is 25.7. The average molecular weight is 168 g/mol. The van der Waals surface area contributed by atoms with Gasteiger partial charge in [-0.2, -0.15) is 0 Å². The summed E-state index contributed by atoms with van der Waals surface area (Å²) >= 11 is 0. The molecule has 1 heterocycles. The minimum absolute atomic E-state index is 0.285. The van der Waals surface area contributed by atoms with E-state index in [0.29, 0.717) is 6.54 Å². The van der Waals surface area contributed by atoms with Crippen molar-refractivity contribution in [3.05, 3.63) is 0 Å². The molecule has 1 aliphatic carbocycles. The third-order valence-corrected chi connectivity index (χ3v) is 2.89. The third kappa shape index (κ3) is 1.61. The molecule has 1 amide bonds. The monoisotopic (exact) mass is 168 g/mol. The van der Waals surface area contributed by atoms with Crippen molar-refractivity contribution in [3.8, 4) is 0 Å². The summed E-state index contributed by atoms with van der Waals surface area (Å²) in [6.45, 7) is 3.45. The van der Waals surface area contributed by atoms with E-state index in [9.17, 15) is 4.79 Å². The van der Waals surface area contributed by atoms with Crippen LogP contribution in [0.4, 0.5) is 0 Å². The zero-order valence-corrected chi connectivity index (χ0v) is 7.38. The lowest BCUT2D eigenvalue weighted by Crippen LogP contribution is -2.50. The number of piperazine rings is 1. The van der Waals surface area contributed by atoms with Crippen molar-refractivity contribution in [2.24, 2.45) is 5.92 Å². The molecule has 2 fully saturated rings. The van der Waals surface area contributed by atoms with Gasteiger partial charge in [-0.25, -0.2) is 0 Å². The second-order valence-electron chi connectivity index (χ2n) is 3.81. The maximum absolute atomic E-state index is 11.3. The highest BCUT2D eigenvalue weighted by molar-refractivity contribution is 5.78. The lowest BCUT2D eigenvalue weighted by Gasteiger charge is -2.34. The van der Waals surface area contributed by atoms with Crippen LogP contribution in [-0.2, 0) is 4.79 Å². The fraction of sp³-hybridized carbons (Fsp3) is 0.889. The quantitative estimate of drug-likeness (QED) is 0.639. The first kappa shape index (κ1) is 8.05. The van der Waals surface area contributed by atoms with E-state index in [1.807, 2.05) is 4.90 Å². The van der Waals surface area contributed by atoms with E-state index < -0.39 is 0 Å². The van der Waals surface area contributed by atoms with Crippen molar-refractivity contribution in [1.82, 2.24) is 10.2 Å². The molecule has 0 unspecified atom stereocenters. The molecule has 0 atom stereocenters. The van der Waals surface area contributed by atoms with Crippen LogP contribution in [0.15, 0.2) is 0 Å². The highest BCUT2D eigenvalue weighted by Crippen LogP contribution is 2.27. The molecule has 2 aliphatic rings. The largest absolute Gasteiger partial charge is 0.340 e. The van der Waals surface area contributed by atoms with Crippen LogP contribution in [0, 0.1) is 5.92 Å². The van der Waals surface area contributed by atoms with Crippen molar-refractivity contribution in [2.45, 2.75) is 19.3 Å². The van der Waals surface area contributed by atoms with Gasteiger partial charge >= 0.3 is 0 Å². The number of carbonyl (C=O) groups is 1. The Morgan fingerprint density at radius 2 is 2.33 bits per heavy atom. The van der Waals surface area contributed by atoms with Gasteiger partial charge in [-0.05, 0) is 18.8 Å². The Kier molecular flexibility index (Phi) is 2.30. The first-order valence-electron chi connectivity index (χ1n) is 4.85. The highest BCUT2D eigenvalue weighted by Gasteiger charge is 2.24. The molecule has 1 aliphatic heterocycles. The van der Waals surface area contributed by atoms with Crippen molar-refractivity contribution in [1.29, 1.82) is 0 Å². The van der Waals surface area contributed by atoms with E-state index in [0.717, 1.165) is 25.6 Å². The Hall–Kier alpha value is -0.570. The Bertz CT molecular complexity index is 177. The lowest BCUT2D eigenvalue weighted by atomic mass is 9.85. The maximum atomic E-state index is 11.3. The van der Waals surface area contributed by atoms with Crippen LogP contribution in [0.2, 0.25) is 0 Å². The number of hydrogen-bond donors (Lipinski definition) is 1. The number of rotatable bonds is 2. The Balaban J connectivity index is 1.80. The standard InChI is InChI=1S/C9H16N2O/c12-9-6-10-4-5-11(9)7-8-2-1-3-8/h8,10H,1-7H2. The summed E-state index contributed by atoms with van der Waals surface area (Å²) in [6, 6.07) is 0. The van der Waals surface area contributed by atoms with Crippen LogP contribution in [-0.4, -0.2) is 37.0 Å². The number of amides is 1. The molecule has 68 valence electrons. The second kappa shape index (κ2) is 3.44. The van der Waals surface area contributed by atoms with Crippen molar-refractivity contribution >= 4 is 5.91 Å². The third-order valence-electron chi connectivity index (χ3n) is 2.89. The molecular weight excluding hydrogens is 152 g/mol. The molecule has 12 heavy (non-hydrogen) atoms. The average Bonchev–Trinajstić information content (AvgIpc) is 2.00. The fourth-order valence-corrected chi connectivity index (χ4v) is 1.83. The van der Waals surface area contributed by atoms with Crippen LogP contribution in [0.1, 0.15) is 19.3 Å². The number of nitrogens with one attached hydrogen (secondary N) is 1. The van der Waals surface area contributed by atoms with Gasteiger partial charge in [0, 0.05) is 19.6 Å². The van der Waals surface area contributed by atoms with E-state index in [2.05, 4.69) is 5.32 Å². The summed E-state index contributed by atoms with van der Waals surface area (Å²) in [4.78, 5) is 13.3. The molecule has 3 nitrogen and oxygen atoms in total. The molecule has 1 saturated carbocycles. The van der Waals surface area contributed by atoms with E-state index in [-0.39, 0.29) is 5.91 Å². The van der Waals surface area contributed by atoms with Crippen LogP contribution in [0.25, 0.3) is 0 Å². The zero-order valence-electron chi connectivity index (χ0n) is 7.38. The van der Waals surface area contributed by atoms with E-state index in [4.69, 9.17) is 0 Å². The van der Waals surface area contributed by atoms with Crippen molar-refractivity contribution in [3.63, 3.8) is 0 Å². The SMILES string of the molecule is O=C1CNCCN1CC1CCC1. The van der Waals surface area contributed by atoms with Gasteiger partial charge in [0.2, 0.25) is 5.91 Å². The second-order valence-corrected chi connectivity index (χ2v) is 3.81. The van der Waals surface area contributed by atoms with Crippen LogP contribution in [0.5, 0.6) is 0 Å². The first-order valence-corrected chi connectivity index (χ1v) is 4.85. The topological polar surface area (TPSA) is 32.3 Å². The summed E-state index contributed by atoms with van der Waals surface area (Å²) in [5.74, 6) is 1.10. The highest BCUT2D eigenvalue weighted by atomic mass is 16.2. The van der Waals surface area contributed by atoms with Crippen LogP contribution < -0.4 is 5.32 Å². The van der Waals surface area contributed by atoms with Gasteiger partial charge in [-0.3, -0.25) is 4.79 Å². The lowest BCUT2D eigenvalue weighted by molar-refractivity contribution is -0.133. The van der Waals surface area contributed by atoms with Gasteiger partial charge in [-0.15, -0.1) is 0 Å². The molecule has 0 bridgehead atoms. The van der Waals surface area contributed by atoms with Crippen molar-refractivity contribution < 1.29 is 4.79 Å². The fourth-order valence-electron chi connectivity index (χ4n) is 1.83. The van der Waals surface area contributed by atoms with E-state index in [1.54, 1.807) is 0 Å². The summed E-state index contributed by atoms with van der Waals surface area (Å²) in [7, 11) is 0. The molecule has 3 heteroatoms. The molecule has 0 spiro atoms. The number of hydrogen-bond acceptors (Lipinski definition) is 2. The molecule has 0 aromatic heterocycles. The number of carbonyl (C=O) groups excluding carboxylic acids is 1. The minimum Gasteiger partial charge on any atom is -0.340 e. The van der Waals surface area contributed by atoms with Gasteiger partial charge in [0.1, 0.15) is 0 Å². The summed E-state index contributed by atoms with van der Waals surface area (Å²) in [5.41, 5.74) is 0. The maximum Gasteiger partial charge on any atom is 0.236 e. The minimum atomic E-state index is 0.285. The Labute approximate surface area is 73.1 Å². The Morgan fingerprint density at radius 3 is 2.92 bits per heavy atom. The van der Waals surface area contributed by atoms with E-state index >= 15 is 0 Å². The molecule has 1 saturated heterocycles. The van der Waals surface area contributed by atoms with Gasteiger partial charge < -0.3 is 10.2 Å². The summed E-state index contributed by atoms with van der Waals surface area (Å²) in [6.07, 6.45) is 4.03. The van der Waals surface area contributed by atoms with Crippen LogP contribution in [0.3, 0.4) is 0 Å². The smallest absolute Gasteiger partial charge is 0.236 e.